The van der Waals surface area contributed by atoms with Crippen molar-refractivity contribution in [3.63, 3.8) is 0 Å². The lowest BCUT2D eigenvalue weighted by Crippen LogP contribution is -2.28. The van der Waals surface area contributed by atoms with Crippen molar-refractivity contribution in [1.29, 1.82) is 0 Å². The fraction of sp³-hybridized carbons (Fsp3) is 0.571. The average Bonchev–Trinajstić information content (AvgIpc) is 2.30. The topological polar surface area (TPSA) is 21.3 Å². The van der Waals surface area contributed by atoms with Crippen molar-refractivity contribution < 1.29 is 4.74 Å². The third-order valence-corrected chi connectivity index (χ3v) is 3.49. The molecular weight excluding hydrogens is 278 g/mol. The van der Waals surface area contributed by atoms with Crippen LogP contribution in [0.2, 0.25) is 0 Å². The monoisotopic (exact) mass is 299 g/mol. The summed E-state index contributed by atoms with van der Waals surface area (Å²) in [6.07, 6.45) is 0. The van der Waals surface area contributed by atoms with E-state index in [0.717, 1.165) is 29.2 Å². The van der Waals surface area contributed by atoms with E-state index in [-0.39, 0.29) is 0 Å². The van der Waals surface area contributed by atoms with Crippen LogP contribution in [0.3, 0.4) is 0 Å². The zero-order valence-electron chi connectivity index (χ0n) is 10.9. The van der Waals surface area contributed by atoms with E-state index in [1.807, 2.05) is 24.3 Å². The molecule has 0 fully saturated rings. The lowest BCUT2D eigenvalue weighted by molar-refractivity contribution is 0.302. The minimum Gasteiger partial charge on any atom is -0.492 e. The fourth-order valence-electron chi connectivity index (χ4n) is 1.34. The molecule has 0 aliphatic carbocycles. The van der Waals surface area contributed by atoms with E-state index in [2.05, 4.69) is 42.0 Å². The van der Waals surface area contributed by atoms with Gasteiger partial charge < -0.3 is 10.1 Å². The van der Waals surface area contributed by atoms with Crippen molar-refractivity contribution in [1.82, 2.24) is 5.32 Å². The molecule has 0 saturated carbocycles. The maximum Gasteiger partial charge on any atom is 0.119 e. The van der Waals surface area contributed by atoms with E-state index in [1.165, 1.54) is 0 Å². The third kappa shape index (κ3) is 6.08. The Labute approximate surface area is 113 Å². The average molecular weight is 300 g/mol. The van der Waals surface area contributed by atoms with E-state index in [4.69, 9.17) is 4.74 Å². The minimum atomic E-state index is 0.711. The van der Waals surface area contributed by atoms with Gasteiger partial charge in [-0.15, -0.1) is 0 Å². The lowest BCUT2D eigenvalue weighted by Gasteiger charge is -2.16. The summed E-state index contributed by atoms with van der Waals surface area (Å²) in [5.41, 5.74) is 0. The van der Waals surface area contributed by atoms with Crippen molar-refractivity contribution in [2.24, 2.45) is 11.8 Å². The van der Waals surface area contributed by atoms with Crippen molar-refractivity contribution in [3.8, 4) is 5.75 Å². The van der Waals surface area contributed by atoms with Crippen LogP contribution in [0, 0.1) is 11.8 Å². The van der Waals surface area contributed by atoms with Crippen LogP contribution in [-0.2, 0) is 0 Å². The molecule has 2 nitrogen and oxygen atoms in total. The van der Waals surface area contributed by atoms with Gasteiger partial charge in [0.2, 0.25) is 0 Å². The van der Waals surface area contributed by atoms with E-state index in [9.17, 15) is 0 Å². The van der Waals surface area contributed by atoms with Gasteiger partial charge in [-0.2, -0.15) is 0 Å². The summed E-state index contributed by atoms with van der Waals surface area (Å²) in [6.45, 7) is 9.45. The number of nitrogens with one attached hydrogen (secondary N) is 1. The molecule has 0 heterocycles. The van der Waals surface area contributed by atoms with Crippen LogP contribution in [0.25, 0.3) is 0 Å². The molecule has 96 valence electrons. The van der Waals surface area contributed by atoms with Crippen molar-refractivity contribution in [3.05, 3.63) is 28.7 Å². The Morgan fingerprint density at radius 2 is 1.82 bits per heavy atom. The molecule has 1 unspecified atom stereocenters. The summed E-state index contributed by atoms with van der Waals surface area (Å²) < 4.78 is 6.70. The SMILES string of the molecule is CC(C)C(C)CNCCOc1ccc(Br)cc1. The number of halogens is 1. The second-order valence-electron chi connectivity index (χ2n) is 4.73. The van der Waals surface area contributed by atoms with Gasteiger partial charge in [0.05, 0.1) is 0 Å². The summed E-state index contributed by atoms with van der Waals surface area (Å²) in [5.74, 6) is 2.37. The molecule has 0 saturated heterocycles. The summed E-state index contributed by atoms with van der Waals surface area (Å²) in [4.78, 5) is 0. The summed E-state index contributed by atoms with van der Waals surface area (Å²) >= 11 is 3.40. The molecule has 1 N–H and O–H groups in total. The Balaban J connectivity index is 2.10. The van der Waals surface area contributed by atoms with Crippen LogP contribution in [0.15, 0.2) is 28.7 Å². The normalized spacial score (nSPS) is 12.8. The number of benzene rings is 1. The van der Waals surface area contributed by atoms with Crippen LogP contribution in [-0.4, -0.2) is 19.7 Å². The number of ether oxygens (including phenoxy) is 1. The smallest absolute Gasteiger partial charge is 0.119 e. The first-order chi connectivity index (χ1) is 8.09. The first-order valence-corrected chi connectivity index (χ1v) is 6.98. The summed E-state index contributed by atoms with van der Waals surface area (Å²) in [5, 5.41) is 3.41. The molecule has 0 spiro atoms. The minimum absolute atomic E-state index is 0.711. The lowest BCUT2D eigenvalue weighted by atomic mass is 9.98. The zero-order chi connectivity index (χ0) is 12.7. The molecule has 0 amide bonds. The van der Waals surface area contributed by atoms with Crippen molar-refractivity contribution in [2.45, 2.75) is 20.8 Å². The molecular formula is C14H22BrNO. The molecule has 1 atom stereocenters. The van der Waals surface area contributed by atoms with Crippen LogP contribution in [0.1, 0.15) is 20.8 Å². The molecule has 0 bridgehead atoms. The van der Waals surface area contributed by atoms with Gasteiger partial charge in [-0.25, -0.2) is 0 Å². The first kappa shape index (κ1) is 14.5. The van der Waals surface area contributed by atoms with E-state index < -0.39 is 0 Å². The molecule has 0 aliphatic rings. The third-order valence-electron chi connectivity index (χ3n) is 2.97. The molecule has 17 heavy (non-hydrogen) atoms. The molecule has 0 aliphatic heterocycles. The van der Waals surface area contributed by atoms with E-state index in [0.29, 0.717) is 12.5 Å². The van der Waals surface area contributed by atoms with Gasteiger partial charge in [0.25, 0.3) is 0 Å². The molecule has 0 radical (unpaired) electrons. The highest BCUT2D eigenvalue weighted by Crippen LogP contribution is 2.15. The van der Waals surface area contributed by atoms with E-state index >= 15 is 0 Å². The standard InChI is InChI=1S/C14H22BrNO/c1-11(2)12(3)10-16-8-9-17-14-6-4-13(15)5-7-14/h4-7,11-12,16H,8-10H2,1-3H3. The van der Waals surface area contributed by atoms with Gasteiger partial charge >= 0.3 is 0 Å². The van der Waals surface area contributed by atoms with Gasteiger partial charge in [0.1, 0.15) is 12.4 Å². The Hall–Kier alpha value is -0.540. The highest BCUT2D eigenvalue weighted by atomic mass is 79.9. The van der Waals surface area contributed by atoms with Crippen LogP contribution >= 0.6 is 15.9 Å². The first-order valence-electron chi connectivity index (χ1n) is 6.18. The number of rotatable bonds is 7. The zero-order valence-corrected chi connectivity index (χ0v) is 12.5. The van der Waals surface area contributed by atoms with Gasteiger partial charge in [0.15, 0.2) is 0 Å². The highest BCUT2D eigenvalue weighted by molar-refractivity contribution is 9.10. The summed E-state index contributed by atoms with van der Waals surface area (Å²) in [7, 11) is 0. The fourth-order valence-corrected chi connectivity index (χ4v) is 1.60. The van der Waals surface area contributed by atoms with Crippen LogP contribution in [0.4, 0.5) is 0 Å². The maximum absolute atomic E-state index is 5.62. The van der Waals surface area contributed by atoms with Gasteiger partial charge in [-0.05, 0) is 42.6 Å². The van der Waals surface area contributed by atoms with Crippen molar-refractivity contribution >= 4 is 15.9 Å². The molecule has 1 aromatic carbocycles. The Bertz CT molecular complexity index is 311. The molecule has 0 aromatic heterocycles. The Morgan fingerprint density at radius 1 is 1.18 bits per heavy atom. The largest absolute Gasteiger partial charge is 0.492 e. The second kappa shape index (κ2) is 7.72. The molecule has 3 heteroatoms. The van der Waals surface area contributed by atoms with Crippen LogP contribution in [0.5, 0.6) is 5.75 Å². The second-order valence-corrected chi connectivity index (χ2v) is 5.64. The van der Waals surface area contributed by atoms with Gasteiger partial charge in [0, 0.05) is 11.0 Å². The van der Waals surface area contributed by atoms with Crippen LogP contribution < -0.4 is 10.1 Å². The predicted molar refractivity (Wildman–Crippen MR) is 76.5 cm³/mol. The maximum atomic E-state index is 5.62. The molecule has 1 rings (SSSR count). The highest BCUT2D eigenvalue weighted by Gasteiger charge is 2.05. The van der Waals surface area contributed by atoms with E-state index in [1.54, 1.807) is 0 Å². The van der Waals surface area contributed by atoms with Crippen molar-refractivity contribution in [2.75, 3.05) is 19.7 Å². The van der Waals surface area contributed by atoms with Gasteiger partial charge in [-0.3, -0.25) is 0 Å². The van der Waals surface area contributed by atoms with Gasteiger partial charge in [-0.1, -0.05) is 36.7 Å². The number of hydrogen-bond acceptors (Lipinski definition) is 2. The summed E-state index contributed by atoms with van der Waals surface area (Å²) in [6, 6.07) is 7.93. The quantitative estimate of drug-likeness (QED) is 0.775. The molecule has 1 aromatic rings. The number of hydrogen-bond donors (Lipinski definition) is 1. The Kier molecular flexibility index (Phi) is 6.60. The Morgan fingerprint density at radius 3 is 2.41 bits per heavy atom. The predicted octanol–water partition coefficient (Wildman–Crippen LogP) is 3.71.